The van der Waals surface area contributed by atoms with Gasteiger partial charge in [0, 0.05) is 37.0 Å². The van der Waals surface area contributed by atoms with Gasteiger partial charge >= 0.3 is 0 Å². The topological polar surface area (TPSA) is 62.5 Å². The Hall–Kier alpha value is -2.21. The lowest BCUT2D eigenvalue weighted by atomic mass is 9.77. The summed E-state index contributed by atoms with van der Waals surface area (Å²) in [6.07, 6.45) is 8.12. The average molecular weight is 395 g/mol. The summed E-state index contributed by atoms with van der Waals surface area (Å²) in [7, 11) is 2.12. The molecule has 3 fully saturated rings. The van der Waals surface area contributed by atoms with E-state index in [1.807, 2.05) is 30.3 Å². The van der Waals surface area contributed by atoms with Crippen molar-refractivity contribution in [1.82, 2.24) is 19.9 Å². The van der Waals surface area contributed by atoms with E-state index in [-0.39, 0.29) is 11.5 Å². The van der Waals surface area contributed by atoms with Gasteiger partial charge in [0.05, 0.1) is 6.04 Å². The molecule has 154 valence electrons. The number of likely N-dealkylation sites (tertiary alicyclic amines) is 2. The highest BCUT2D eigenvalue weighted by atomic mass is 16.5. The number of amides is 1. The molecular weight excluding hydrogens is 364 g/mol. The number of carbonyl (C=O) groups is 1. The molecule has 0 bridgehead atoms. The molecule has 1 aromatic carbocycles. The van der Waals surface area contributed by atoms with Crippen LogP contribution in [0, 0.1) is 11.3 Å². The van der Waals surface area contributed by atoms with Crippen LogP contribution < -0.4 is 0 Å². The molecule has 1 spiro atoms. The van der Waals surface area contributed by atoms with E-state index in [1.54, 1.807) is 0 Å². The Morgan fingerprint density at radius 1 is 1.17 bits per heavy atom. The maximum atomic E-state index is 12.6. The largest absolute Gasteiger partial charge is 0.341 e. The number of rotatable bonds is 5. The van der Waals surface area contributed by atoms with Crippen molar-refractivity contribution in [3.63, 3.8) is 0 Å². The predicted octanol–water partition coefficient (Wildman–Crippen LogP) is 3.91. The third kappa shape index (κ3) is 3.70. The summed E-state index contributed by atoms with van der Waals surface area (Å²) >= 11 is 0. The van der Waals surface area contributed by atoms with Gasteiger partial charge in [-0.25, -0.2) is 0 Å². The maximum absolute atomic E-state index is 12.6. The number of aromatic nitrogens is 2. The molecule has 0 N–H and O–H groups in total. The smallest absolute Gasteiger partial charge is 0.244 e. The number of nitrogens with zero attached hydrogens (tertiary/aromatic N) is 4. The lowest BCUT2D eigenvalue weighted by Crippen LogP contribution is -2.59. The number of carbonyl (C=O) groups excluding carboxylic acids is 1. The second-order valence-electron chi connectivity index (χ2n) is 9.40. The van der Waals surface area contributed by atoms with Crippen LogP contribution in [0.1, 0.15) is 56.9 Å². The minimum absolute atomic E-state index is 0.135. The average Bonchev–Trinajstić information content (AvgIpc) is 3.45. The zero-order chi connectivity index (χ0) is 19.8. The molecule has 1 amide bonds. The zero-order valence-electron chi connectivity index (χ0n) is 17.2. The van der Waals surface area contributed by atoms with E-state index in [0.717, 1.165) is 50.4 Å². The van der Waals surface area contributed by atoms with Crippen LogP contribution >= 0.6 is 0 Å². The molecule has 6 heteroatoms. The molecule has 1 aliphatic carbocycles. The Morgan fingerprint density at radius 3 is 2.69 bits per heavy atom. The monoisotopic (exact) mass is 394 g/mol. The first-order valence-electron chi connectivity index (χ1n) is 11.0. The summed E-state index contributed by atoms with van der Waals surface area (Å²) in [5.41, 5.74) is 1.16. The first-order chi connectivity index (χ1) is 14.1. The molecule has 1 aromatic heterocycles. The Balaban J connectivity index is 1.18. The Kier molecular flexibility index (Phi) is 4.90. The molecule has 1 saturated carbocycles. The molecule has 3 aliphatic rings. The SMILES string of the molecule is CN1CC2(CC1c1nc(-c3ccccc3)no1)CN(C(=O)CCC1CCCC1)C2. The van der Waals surface area contributed by atoms with Gasteiger partial charge < -0.3 is 9.42 Å². The summed E-state index contributed by atoms with van der Waals surface area (Å²) < 4.78 is 5.62. The summed E-state index contributed by atoms with van der Waals surface area (Å²) in [6.45, 7) is 2.72. The van der Waals surface area contributed by atoms with Crippen LogP contribution in [0.15, 0.2) is 34.9 Å². The quantitative estimate of drug-likeness (QED) is 0.769. The molecule has 1 unspecified atom stereocenters. The van der Waals surface area contributed by atoms with Crippen molar-refractivity contribution in [2.24, 2.45) is 11.3 Å². The Labute approximate surface area is 172 Å². The first-order valence-corrected chi connectivity index (χ1v) is 11.0. The van der Waals surface area contributed by atoms with E-state index in [9.17, 15) is 4.79 Å². The van der Waals surface area contributed by atoms with Crippen molar-refractivity contribution in [2.45, 2.75) is 51.0 Å². The van der Waals surface area contributed by atoms with Crippen LogP contribution in [0.25, 0.3) is 11.4 Å². The normalized spacial score (nSPS) is 24.3. The third-order valence-electron chi connectivity index (χ3n) is 7.15. The minimum Gasteiger partial charge on any atom is -0.341 e. The fourth-order valence-corrected chi connectivity index (χ4v) is 5.57. The van der Waals surface area contributed by atoms with Crippen molar-refractivity contribution in [3.8, 4) is 11.4 Å². The Morgan fingerprint density at radius 2 is 1.93 bits per heavy atom. The second-order valence-corrected chi connectivity index (χ2v) is 9.40. The van der Waals surface area contributed by atoms with E-state index in [0.29, 0.717) is 17.6 Å². The molecule has 3 heterocycles. The molecule has 0 radical (unpaired) electrons. The number of hydrogen-bond donors (Lipinski definition) is 0. The van der Waals surface area contributed by atoms with Gasteiger partial charge in [0.2, 0.25) is 17.6 Å². The third-order valence-corrected chi connectivity index (χ3v) is 7.15. The van der Waals surface area contributed by atoms with E-state index in [4.69, 9.17) is 4.52 Å². The number of benzene rings is 1. The molecule has 2 aromatic rings. The van der Waals surface area contributed by atoms with Crippen LogP contribution in [0.2, 0.25) is 0 Å². The van der Waals surface area contributed by atoms with Gasteiger partial charge in [-0.15, -0.1) is 0 Å². The van der Waals surface area contributed by atoms with Crippen LogP contribution in [-0.2, 0) is 4.79 Å². The van der Waals surface area contributed by atoms with Crippen LogP contribution in [0.3, 0.4) is 0 Å². The van der Waals surface area contributed by atoms with E-state index in [1.165, 1.54) is 25.7 Å². The molecule has 2 saturated heterocycles. The molecular formula is C23H30N4O2. The van der Waals surface area contributed by atoms with Crippen LogP contribution in [0.5, 0.6) is 0 Å². The van der Waals surface area contributed by atoms with Crippen molar-refractivity contribution in [3.05, 3.63) is 36.2 Å². The van der Waals surface area contributed by atoms with Crippen LogP contribution in [0.4, 0.5) is 0 Å². The highest BCUT2D eigenvalue weighted by molar-refractivity contribution is 5.77. The highest BCUT2D eigenvalue weighted by Gasteiger charge is 2.53. The van der Waals surface area contributed by atoms with Crippen molar-refractivity contribution >= 4 is 5.91 Å². The second kappa shape index (κ2) is 7.56. The van der Waals surface area contributed by atoms with E-state index < -0.39 is 0 Å². The summed E-state index contributed by atoms with van der Waals surface area (Å²) in [5.74, 6) is 2.46. The first kappa shape index (κ1) is 18.8. The van der Waals surface area contributed by atoms with E-state index in [2.05, 4.69) is 27.0 Å². The number of hydrogen-bond acceptors (Lipinski definition) is 5. The Bertz CT molecular complexity index is 853. The van der Waals surface area contributed by atoms with Gasteiger partial charge in [-0.1, -0.05) is 61.2 Å². The standard InChI is InChI=1S/C23H30N4O2/c1-26-14-23(15-27(16-23)20(28)12-11-17-7-5-6-8-17)13-19(26)22-24-21(25-29-22)18-9-3-2-4-10-18/h2-4,9-10,17,19H,5-8,11-16H2,1H3. The van der Waals surface area contributed by atoms with Gasteiger partial charge in [0.25, 0.3) is 0 Å². The molecule has 1 atom stereocenters. The maximum Gasteiger partial charge on any atom is 0.244 e. The van der Waals surface area contributed by atoms with E-state index >= 15 is 0 Å². The zero-order valence-corrected chi connectivity index (χ0v) is 17.2. The minimum atomic E-state index is 0.135. The molecule has 5 rings (SSSR count). The van der Waals surface area contributed by atoms with Gasteiger partial charge in [-0.2, -0.15) is 4.98 Å². The summed E-state index contributed by atoms with van der Waals surface area (Å²) in [5, 5.41) is 4.18. The summed E-state index contributed by atoms with van der Waals surface area (Å²) in [6, 6.07) is 10.1. The fourth-order valence-electron chi connectivity index (χ4n) is 5.57. The van der Waals surface area contributed by atoms with Gasteiger partial charge in [0.15, 0.2) is 0 Å². The lowest BCUT2D eigenvalue weighted by Gasteiger charge is -2.48. The van der Waals surface area contributed by atoms with Gasteiger partial charge in [0.1, 0.15) is 0 Å². The molecule has 6 nitrogen and oxygen atoms in total. The molecule has 2 aliphatic heterocycles. The van der Waals surface area contributed by atoms with Gasteiger partial charge in [-0.05, 0) is 25.8 Å². The van der Waals surface area contributed by atoms with Crippen molar-refractivity contribution < 1.29 is 9.32 Å². The summed E-state index contributed by atoms with van der Waals surface area (Å²) in [4.78, 5) is 21.6. The fraction of sp³-hybridized carbons (Fsp3) is 0.609. The highest BCUT2D eigenvalue weighted by Crippen LogP contribution is 2.47. The van der Waals surface area contributed by atoms with Crippen molar-refractivity contribution in [2.75, 3.05) is 26.7 Å². The lowest BCUT2D eigenvalue weighted by molar-refractivity contribution is -0.143. The molecule has 29 heavy (non-hydrogen) atoms. The van der Waals surface area contributed by atoms with Crippen molar-refractivity contribution in [1.29, 1.82) is 0 Å². The van der Waals surface area contributed by atoms with Crippen LogP contribution in [-0.4, -0.2) is 52.5 Å². The predicted molar refractivity (Wildman–Crippen MR) is 110 cm³/mol. The van der Waals surface area contributed by atoms with Gasteiger partial charge in [-0.3, -0.25) is 9.69 Å².